The summed E-state index contributed by atoms with van der Waals surface area (Å²) >= 11 is 6.26. The molecule has 4 rings (SSSR count). The lowest BCUT2D eigenvalue weighted by Gasteiger charge is -2.42. The minimum absolute atomic E-state index is 0.00308. The van der Waals surface area contributed by atoms with E-state index in [2.05, 4.69) is 5.32 Å². The second-order valence-electron chi connectivity index (χ2n) is 10.4. The number of carbonyl (C=O) groups is 2. The van der Waals surface area contributed by atoms with Gasteiger partial charge in [-0.3, -0.25) is 9.59 Å². The van der Waals surface area contributed by atoms with Gasteiger partial charge in [-0.15, -0.1) is 0 Å². The van der Waals surface area contributed by atoms with Gasteiger partial charge < -0.3 is 15.5 Å². The van der Waals surface area contributed by atoms with Crippen molar-refractivity contribution >= 4 is 38.8 Å². The van der Waals surface area contributed by atoms with Gasteiger partial charge in [0.05, 0.1) is 26.9 Å². The van der Waals surface area contributed by atoms with E-state index in [1.165, 1.54) is 31.2 Å². The van der Waals surface area contributed by atoms with Gasteiger partial charge in [0.1, 0.15) is 5.78 Å². The van der Waals surface area contributed by atoms with E-state index >= 15 is 0 Å². The maximum absolute atomic E-state index is 13.7. The smallest absolute Gasteiger partial charge is 0.255 e. The average molecular weight is 570 g/mol. The largest absolute Gasteiger partial charge is 0.393 e. The van der Waals surface area contributed by atoms with E-state index in [-0.39, 0.29) is 70.9 Å². The van der Waals surface area contributed by atoms with Crippen molar-refractivity contribution in [3.8, 4) is 0 Å². The van der Waals surface area contributed by atoms with Gasteiger partial charge in [0.15, 0.2) is 21.5 Å². The van der Waals surface area contributed by atoms with Crippen LogP contribution >= 0.6 is 11.6 Å². The number of ketones is 1. The molecule has 3 atom stereocenters. The maximum atomic E-state index is 13.7. The summed E-state index contributed by atoms with van der Waals surface area (Å²) in [6.45, 7) is 1.53. The minimum atomic E-state index is -3.99. The highest BCUT2D eigenvalue weighted by Crippen LogP contribution is 2.54. The molecule has 1 amide bonds. The highest BCUT2D eigenvalue weighted by atomic mass is 35.5. The number of hydrogen-bond acceptors (Lipinski definition) is 6. The Labute approximate surface area is 225 Å². The molecule has 11 heteroatoms. The molecule has 2 aliphatic carbocycles. The van der Waals surface area contributed by atoms with Crippen molar-refractivity contribution in [2.45, 2.75) is 73.7 Å². The van der Waals surface area contributed by atoms with Crippen LogP contribution in [0.1, 0.15) is 62.2 Å². The summed E-state index contributed by atoms with van der Waals surface area (Å²) in [6.07, 6.45) is 1.27. The number of anilines is 1. The molecule has 38 heavy (non-hydrogen) atoms. The van der Waals surface area contributed by atoms with Crippen molar-refractivity contribution in [2.24, 2.45) is 11.8 Å². The summed E-state index contributed by atoms with van der Waals surface area (Å²) in [6, 6.07) is 6.67. The number of carbonyl (C=O) groups excluding carboxylic acids is 2. The van der Waals surface area contributed by atoms with E-state index in [0.29, 0.717) is 12.8 Å². The molecular weight excluding hydrogens is 540 g/mol. The van der Waals surface area contributed by atoms with Gasteiger partial charge >= 0.3 is 0 Å². The fourth-order valence-electron chi connectivity index (χ4n) is 5.86. The van der Waals surface area contributed by atoms with Crippen LogP contribution in [0.4, 0.5) is 14.5 Å². The van der Waals surface area contributed by atoms with Crippen molar-refractivity contribution < 1.29 is 37.0 Å². The van der Waals surface area contributed by atoms with Crippen molar-refractivity contribution in [3.63, 3.8) is 0 Å². The predicted molar refractivity (Wildman–Crippen MR) is 138 cm³/mol. The number of benzene rings is 2. The number of Topliss-reactive ketones (excluding diaryl/α,β-unsaturated/α-hetero) is 1. The van der Waals surface area contributed by atoms with E-state index in [1.54, 1.807) is 0 Å². The Kier molecular flexibility index (Phi) is 8.28. The van der Waals surface area contributed by atoms with Crippen LogP contribution in [-0.4, -0.2) is 47.3 Å². The molecule has 0 spiro atoms. The molecule has 2 aromatic carbocycles. The molecule has 2 saturated carbocycles. The van der Waals surface area contributed by atoms with Crippen LogP contribution < -0.4 is 5.32 Å². The third-order valence-electron chi connectivity index (χ3n) is 7.82. The first-order chi connectivity index (χ1) is 17.8. The van der Waals surface area contributed by atoms with Crippen molar-refractivity contribution in [1.82, 2.24) is 0 Å². The van der Waals surface area contributed by atoms with E-state index in [1.807, 2.05) is 0 Å². The zero-order valence-corrected chi connectivity index (χ0v) is 22.4. The van der Waals surface area contributed by atoms with E-state index in [4.69, 9.17) is 11.6 Å². The Balaban J connectivity index is 1.51. The third kappa shape index (κ3) is 5.78. The molecule has 2 aromatic rings. The number of aliphatic hydroxyl groups is 2. The molecule has 2 aliphatic rings. The Morgan fingerprint density at radius 3 is 2.37 bits per heavy atom. The molecule has 0 heterocycles. The molecule has 206 valence electrons. The number of sulfone groups is 1. The molecular formula is C27H30ClF2NO6S. The molecule has 2 bridgehead atoms. The lowest BCUT2D eigenvalue weighted by molar-refractivity contribution is -0.124. The van der Waals surface area contributed by atoms with Gasteiger partial charge in [0.25, 0.3) is 5.91 Å². The van der Waals surface area contributed by atoms with Crippen LogP contribution in [0.25, 0.3) is 0 Å². The van der Waals surface area contributed by atoms with Crippen LogP contribution in [0.2, 0.25) is 5.02 Å². The topological polar surface area (TPSA) is 121 Å². The lowest BCUT2D eigenvalue weighted by Crippen LogP contribution is -2.48. The fourth-order valence-corrected chi connectivity index (χ4v) is 8.26. The number of halogens is 3. The summed E-state index contributed by atoms with van der Waals surface area (Å²) in [7, 11) is -3.99. The molecule has 0 aliphatic heterocycles. The molecule has 0 saturated heterocycles. The monoisotopic (exact) mass is 569 g/mol. The quantitative estimate of drug-likeness (QED) is 0.403. The Bertz CT molecular complexity index is 1340. The van der Waals surface area contributed by atoms with Crippen molar-refractivity contribution in [1.29, 1.82) is 0 Å². The summed E-state index contributed by atoms with van der Waals surface area (Å²) in [5.74, 6) is -3.68. The van der Waals surface area contributed by atoms with Gasteiger partial charge in [-0.25, -0.2) is 17.2 Å². The first kappa shape index (κ1) is 28.6. The van der Waals surface area contributed by atoms with Crippen LogP contribution in [-0.2, 0) is 14.6 Å². The zero-order chi connectivity index (χ0) is 27.8. The molecule has 0 radical (unpaired) electrons. The highest BCUT2D eigenvalue weighted by molar-refractivity contribution is 7.92. The average Bonchev–Trinajstić information content (AvgIpc) is 3.00. The predicted octanol–water partition coefficient (Wildman–Crippen LogP) is 4.68. The molecule has 2 fully saturated rings. The normalized spacial score (nSPS) is 25.7. The van der Waals surface area contributed by atoms with E-state index < -0.39 is 44.3 Å². The lowest BCUT2D eigenvalue weighted by atomic mass is 9.71. The molecule has 3 N–H and O–H groups in total. The number of amides is 1. The maximum Gasteiger partial charge on any atom is 0.255 e. The first-order valence-corrected chi connectivity index (χ1v) is 14.5. The number of nitrogens with one attached hydrogen (secondary N) is 1. The second kappa shape index (κ2) is 11.0. The van der Waals surface area contributed by atoms with Crippen LogP contribution in [0.3, 0.4) is 0 Å². The van der Waals surface area contributed by atoms with Gasteiger partial charge in [-0.1, -0.05) is 11.6 Å². The van der Waals surface area contributed by atoms with Gasteiger partial charge in [-0.05, 0) is 81.2 Å². The van der Waals surface area contributed by atoms with Crippen LogP contribution in [0.15, 0.2) is 41.3 Å². The summed E-state index contributed by atoms with van der Waals surface area (Å²) in [5.41, 5.74) is -1.16. The summed E-state index contributed by atoms with van der Waals surface area (Å²) in [5, 5.41) is 22.4. The minimum Gasteiger partial charge on any atom is -0.393 e. The van der Waals surface area contributed by atoms with Crippen molar-refractivity contribution in [3.05, 3.63) is 58.6 Å². The summed E-state index contributed by atoms with van der Waals surface area (Å²) < 4.78 is 54.0. The number of aliphatic hydroxyl groups excluding tert-OH is 1. The van der Waals surface area contributed by atoms with Crippen LogP contribution in [0.5, 0.6) is 0 Å². The fraction of sp³-hybridized carbons (Fsp3) is 0.481. The van der Waals surface area contributed by atoms with Crippen molar-refractivity contribution in [2.75, 3.05) is 5.32 Å². The van der Waals surface area contributed by atoms with Crippen LogP contribution in [0, 0.1) is 23.5 Å². The van der Waals surface area contributed by atoms with Gasteiger partial charge in [0.2, 0.25) is 0 Å². The van der Waals surface area contributed by atoms with E-state index in [9.17, 15) is 37.0 Å². The third-order valence-corrected chi connectivity index (χ3v) is 10.5. The zero-order valence-electron chi connectivity index (χ0n) is 20.8. The standard InChI is InChI=1S/C27H30ClF2NO6S/c1-15(32)10-20(33)8-9-27(35)17-3-4-18(27)13-21(12-17)38(36,37)25-11-16(2-6-22(25)28)26(34)31-19-5-7-23(29)24(30)14-19/h2,5-7,11,14-15,17-18,21,32,35H,3-4,8-10,12-13H2,1H3,(H,31,34)/t15-,17?,18?,21?,27?/m0/s1. The Morgan fingerprint density at radius 2 is 1.76 bits per heavy atom. The number of rotatable bonds is 9. The summed E-state index contributed by atoms with van der Waals surface area (Å²) in [4.78, 5) is 24.6. The second-order valence-corrected chi connectivity index (χ2v) is 13.0. The first-order valence-electron chi connectivity index (χ1n) is 12.5. The highest BCUT2D eigenvalue weighted by Gasteiger charge is 2.55. The van der Waals surface area contributed by atoms with Gasteiger partial charge in [-0.2, -0.15) is 0 Å². The Hall–Kier alpha value is -2.40. The molecule has 2 unspecified atom stereocenters. The SMILES string of the molecule is C[C@H](O)CC(=O)CCC1(O)C2CCC1CC(S(=O)(=O)c1cc(C(=O)Nc3ccc(F)c(F)c3)ccc1Cl)C2. The number of fused-ring (bicyclic) bond motifs is 2. The van der Waals surface area contributed by atoms with E-state index in [0.717, 1.165) is 12.1 Å². The molecule has 0 aromatic heterocycles. The van der Waals surface area contributed by atoms with Gasteiger partial charge in [0, 0.05) is 30.2 Å². The molecule has 7 nitrogen and oxygen atoms in total. The number of hydrogen-bond donors (Lipinski definition) is 3. The Morgan fingerprint density at radius 1 is 1.11 bits per heavy atom.